The highest BCUT2D eigenvalue weighted by Gasteiger charge is 2.27. The number of rotatable bonds is 2. The van der Waals surface area contributed by atoms with Crippen LogP contribution < -0.4 is 5.73 Å². The number of nitrogens with one attached hydrogen (secondary N) is 1. The van der Waals surface area contributed by atoms with Crippen LogP contribution >= 0.6 is 0 Å². The number of piperidine rings is 1. The van der Waals surface area contributed by atoms with Crippen molar-refractivity contribution in [2.75, 3.05) is 18.9 Å². The van der Waals surface area contributed by atoms with E-state index in [1.54, 1.807) is 4.90 Å². The van der Waals surface area contributed by atoms with E-state index < -0.39 is 0 Å². The molecule has 1 aliphatic heterocycles. The molecule has 1 aliphatic rings. The lowest BCUT2D eigenvalue weighted by Crippen LogP contribution is -2.45. The summed E-state index contributed by atoms with van der Waals surface area (Å²) in [6, 6.07) is 7.30. The number of nitrogen functional groups attached to an aromatic ring is 1. The van der Waals surface area contributed by atoms with Gasteiger partial charge >= 0.3 is 0 Å². The highest BCUT2D eigenvalue weighted by Crippen LogP contribution is 2.22. The molecule has 0 spiro atoms. The summed E-state index contributed by atoms with van der Waals surface area (Å²) in [6.45, 7) is 0.737. The quantitative estimate of drug-likeness (QED) is 0.729. The van der Waals surface area contributed by atoms with Crippen molar-refractivity contribution in [2.45, 2.75) is 25.3 Å². The molecule has 1 aromatic heterocycles. The summed E-state index contributed by atoms with van der Waals surface area (Å²) in [5, 5.41) is 10.3. The first-order valence-corrected chi connectivity index (χ1v) is 6.99. The van der Waals surface area contributed by atoms with Crippen molar-refractivity contribution in [3.8, 4) is 0 Å². The van der Waals surface area contributed by atoms with Crippen LogP contribution in [0.3, 0.4) is 0 Å². The van der Waals surface area contributed by atoms with Crippen LogP contribution in [0, 0.1) is 0 Å². The van der Waals surface area contributed by atoms with Crippen LogP contribution in [0.5, 0.6) is 0 Å². The number of nitrogens with zero attached hydrogens (tertiary/aromatic N) is 1. The van der Waals surface area contributed by atoms with Crippen LogP contribution in [0.2, 0.25) is 0 Å². The Labute approximate surface area is 117 Å². The summed E-state index contributed by atoms with van der Waals surface area (Å²) in [5.74, 6) is -0.0430. The fourth-order valence-corrected chi connectivity index (χ4v) is 2.88. The number of carbonyl (C=O) groups is 1. The highest BCUT2D eigenvalue weighted by molar-refractivity contribution is 5.98. The molecule has 1 atom stereocenters. The van der Waals surface area contributed by atoms with Crippen molar-refractivity contribution in [1.82, 2.24) is 9.88 Å². The normalized spacial score (nSPS) is 19.4. The molecule has 2 heterocycles. The number of aliphatic hydroxyl groups is 1. The third-order valence-electron chi connectivity index (χ3n) is 3.97. The molecule has 0 aliphatic carbocycles. The standard InChI is InChI=1S/C15H19N3O2/c16-11-4-5-13-10(7-11)8-14(17-13)15(20)18-6-2-1-3-12(18)9-19/h4-5,7-8,12,17,19H,1-3,6,9,16H2. The predicted molar refractivity (Wildman–Crippen MR) is 78.5 cm³/mol. The first-order chi connectivity index (χ1) is 9.69. The molecular weight excluding hydrogens is 254 g/mol. The number of hydrogen-bond acceptors (Lipinski definition) is 3. The molecule has 5 nitrogen and oxygen atoms in total. The molecule has 3 rings (SSSR count). The van der Waals surface area contributed by atoms with Crippen LogP contribution in [0.15, 0.2) is 24.3 Å². The number of likely N-dealkylation sites (tertiary alicyclic amines) is 1. The van der Waals surface area contributed by atoms with E-state index in [1.165, 1.54) is 0 Å². The van der Waals surface area contributed by atoms with Gasteiger partial charge in [0.1, 0.15) is 5.69 Å². The van der Waals surface area contributed by atoms with Crippen LogP contribution in [-0.2, 0) is 0 Å². The van der Waals surface area contributed by atoms with Gasteiger partial charge < -0.3 is 20.7 Å². The molecule has 0 radical (unpaired) electrons. The van der Waals surface area contributed by atoms with Gasteiger partial charge in [0.15, 0.2) is 0 Å². The Bertz CT molecular complexity index is 635. The van der Waals surface area contributed by atoms with Crippen LogP contribution in [0.4, 0.5) is 5.69 Å². The minimum Gasteiger partial charge on any atom is -0.399 e. The maximum absolute atomic E-state index is 12.6. The molecular formula is C15H19N3O2. The molecule has 1 unspecified atom stereocenters. The molecule has 4 N–H and O–H groups in total. The molecule has 1 fully saturated rings. The number of anilines is 1. The van der Waals surface area contributed by atoms with Gasteiger partial charge in [0.05, 0.1) is 12.6 Å². The predicted octanol–water partition coefficient (Wildman–Crippen LogP) is 1.74. The average Bonchev–Trinajstić information content (AvgIpc) is 2.89. The molecule has 1 amide bonds. The van der Waals surface area contributed by atoms with Crippen LogP contribution in [0.1, 0.15) is 29.8 Å². The van der Waals surface area contributed by atoms with Gasteiger partial charge in [0.25, 0.3) is 5.91 Å². The fourth-order valence-electron chi connectivity index (χ4n) is 2.88. The van der Waals surface area contributed by atoms with Crippen molar-refractivity contribution in [1.29, 1.82) is 0 Å². The molecule has 2 aromatic rings. The van der Waals surface area contributed by atoms with Gasteiger partial charge in [0, 0.05) is 23.1 Å². The summed E-state index contributed by atoms with van der Waals surface area (Å²) < 4.78 is 0. The lowest BCUT2D eigenvalue weighted by atomic mass is 10.0. The van der Waals surface area contributed by atoms with Crippen LogP contribution in [-0.4, -0.2) is 40.1 Å². The van der Waals surface area contributed by atoms with E-state index in [4.69, 9.17) is 5.73 Å². The summed E-state index contributed by atoms with van der Waals surface area (Å²) in [7, 11) is 0. The summed E-state index contributed by atoms with van der Waals surface area (Å²) >= 11 is 0. The van der Waals surface area contributed by atoms with Crippen molar-refractivity contribution in [3.05, 3.63) is 30.0 Å². The number of carbonyl (C=O) groups excluding carboxylic acids is 1. The third kappa shape index (κ3) is 2.25. The number of aromatic amines is 1. The zero-order valence-electron chi connectivity index (χ0n) is 11.3. The second-order valence-electron chi connectivity index (χ2n) is 5.36. The van der Waals surface area contributed by atoms with E-state index in [1.807, 2.05) is 24.3 Å². The van der Waals surface area contributed by atoms with Gasteiger partial charge in [-0.3, -0.25) is 4.79 Å². The number of H-pyrrole nitrogens is 1. The van der Waals surface area contributed by atoms with Gasteiger partial charge in [-0.25, -0.2) is 0 Å². The Morgan fingerprint density at radius 3 is 3.05 bits per heavy atom. The minimum absolute atomic E-state index is 0.0267. The van der Waals surface area contributed by atoms with E-state index >= 15 is 0 Å². The molecule has 20 heavy (non-hydrogen) atoms. The summed E-state index contributed by atoms with van der Waals surface area (Å²) in [4.78, 5) is 17.5. The Balaban J connectivity index is 1.91. The number of nitrogens with two attached hydrogens (primary N) is 1. The lowest BCUT2D eigenvalue weighted by molar-refractivity contribution is 0.0498. The number of hydrogen-bond donors (Lipinski definition) is 3. The second kappa shape index (κ2) is 5.17. The number of aromatic nitrogens is 1. The van der Waals surface area contributed by atoms with E-state index in [2.05, 4.69) is 4.98 Å². The maximum Gasteiger partial charge on any atom is 0.270 e. The second-order valence-corrected chi connectivity index (χ2v) is 5.36. The topological polar surface area (TPSA) is 82.4 Å². The summed E-state index contributed by atoms with van der Waals surface area (Å²) in [5.41, 5.74) is 7.90. The number of fused-ring (bicyclic) bond motifs is 1. The van der Waals surface area contributed by atoms with E-state index in [0.29, 0.717) is 17.9 Å². The van der Waals surface area contributed by atoms with Crippen molar-refractivity contribution >= 4 is 22.5 Å². The summed E-state index contributed by atoms with van der Waals surface area (Å²) in [6.07, 6.45) is 2.93. The Morgan fingerprint density at radius 2 is 2.25 bits per heavy atom. The van der Waals surface area contributed by atoms with Gasteiger partial charge in [0.2, 0.25) is 0 Å². The largest absolute Gasteiger partial charge is 0.399 e. The SMILES string of the molecule is Nc1ccc2[nH]c(C(=O)N3CCCCC3CO)cc2c1. The Hall–Kier alpha value is -2.01. The third-order valence-corrected chi connectivity index (χ3v) is 3.97. The highest BCUT2D eigenvalue weighted by atomic mass is 16.3. The molecule has 5 heteroatoms. The zero-order chi connectivity index (χ0) is 14.1. The number of aliphatic hydroxyl groups excluding tert-OH is 1. The van der Waals surface area contributed by atoms with Crippen molar-refractivity contribution < 1.29 is 9.90 Å². The Kier molecular flexibility index (Phi) is 3.36. The van der Waals surface area contributed by atoms with Crippen molar-refractivity contribution in [3.63, 3.8) is 0 Å². The smallest absolute Gasteiger partial charge is 0.270 e. The molecule has 0 bridgehead atoms. The first kappa shape index (κ1) is 13.0. The van der Waals surface area contributed by atoms with Gasteiger partial charge in [-0.15, -0.1) is 0 Å². The number of amides is 1. The molecule has 1 aromatic carbocycles. The average molecular weight is 273 g/mol. The molecule has 1 saturated heterocycles. The zero-order valence-corrected chi connectivity index (χ0v) is 11.3. The minimum atomic E-state index is -0.0623. The molecule has 106 valence electrons. The van der Waals surface area contributed by atoms with Crippen LogP contribution in [0.25, 0.3) is 10.9 Å². The van der Waals surface area contributed by atoms with Gasteiger partial charge in [-0.1, -0.05) is 0 Å². The maximum atomic E-state index is 12.6. The first-order valence-electron chi connectivity index (χ1n) is 6.99. The monoisotopic (exact) mass is 273 g/mol. The van der Waals surface area contributed by atoms with E-state index in [-0.39, 0.29) is 18.6 Å². The van der Waals surface area contributed by atoms with Gasteiger partial charge in [-0.2, -0.15) is 0 Å². The number of benzene rings is 1. The van der Waals surface area contributed by atoms with E-state index in [9.17, 15) is 9.90 Å². The van der Waals surface area contributed by atoms with Crippen molar-refractivity contribution in [2.24, 2.45) is 0 Å². The Morgan fingerprint density at radius 1 is 1.40 bits per heavy atom. The van der Waals surface area contributed by atoms with Gasteiger partial charge in [-0.05, 0) is 43.5 Å². The van der Waals surface area contributed by atoms with E-state index in [0.717, 1.165) is 30.2 Å². The lowest BCUT2D eigenvalue weighted by Gasteiger charge is -2.34. The molecule has 0 saturated carbocycles. The fraction of sp³-hybridized carbons (Fsp3) is 0.400.